The fourth-order valence-electron chi connectivity index (χ4n) is 3.62. The molecule has 0 saturated carbocycles. The van der Waals surface area contributed by atoms with Crippen LogP contribution in [0.3, 0.4) is 0 Å². The number of carbonyl (C=O) groups excluding carboxylic acids is 2. The Hall–Kier alpha value is -4.13. The van der Waals surface area contributed by atoms with Crippen molar-refractivity contribution in [3.63, 3.8) is 0 Å². The molecule has 0 spiro atoms. The van der Waals surface area contributed by atoms with Gasteiger partial charge in [-0.2, -0.15) is 0 Å². The Morgan fingerprint density at radius 3 is 2.45 bits per heavy atom. The summed E-state index contributed by atoms with van der Waals surface area (Å²) in [6, 6.07) is 19.6. The molecule has 1 aliphatic heterocycles. The topological polar surface area (TPSA) is 78.9 Å². The summed E-state index contributed by atoms with van der Waals surface area (Å²) in [6.45, 7) is 0.619. The van der Waals surface area contributed by atoms with Crippen molar-refractivity contribution in [3.8, 4) is 11.5 Å². The zero-order valence-corrected chi connectivity index (χ0v) is 17.8. The molecule has 0 unspecified atom stereocenters. The van der Waals surface area contributed by atoms with E-state index in [4.69, 9.17) is 4.74 Å². The summed E-state index contributed by atoms with van der Waals surface area (Å²) in [5.41, 5.74) is 2.57. The number of nitrogens with zero attached hydrogens (tertiary/aromatic N) is 1. The number of carbonyl (C=O) groups is 2. The van der Waals surface area contributed by atoms with E-state index < -0.39 is 11.7 Å². The summed E-state index contributed by atoms with van der Waals surface area (Å²) in [5, 5.41) is 11.9. The summed E-state index contributed by atoms with van der Waals surface area (Å²) < 4.78 is 19.3. The Labute approximate surface area is 190 Å². The summed E-state index contributed by atoms with van der Waals surface area (Å²) in [5.74, 6) is -0.750. The molecule has 3 aromatic rings. The van der Waals surface area contributed by atoms with E-state index in [9.17, 15) is 19.1 Å². The number of benzene rings is 3. The molecule has 33 heavy (non-hydrogen) atoms. The first-order valence-corrected chi connectivity index (χ1v) is 10.5. The van der Waals surface area contributed by atoms with Crippen LogP contribution in [0.25, 0.3) is 5.57 Å². The summed E-state index contributed by atoms with van der Waals surface area (Å²) in [7, 11) is 0. The molecule has 0 radical (unpaired) electrons. The molecule has 2 N–H and O–H groups in total. The van der Waals surface area contributed by atoms with E-state index in [0.717, 1.165) is 11.1 Å². The highest BCUT2D eigenvalue weighted by Crippen LogP contribution is 2.26. The van der Waals surface area contributed by atoms with Crippen LogP contribution in [-0.4, -0.2) is 41.5 Å². The van der Waals surface area contributed by atoms with Gasteiger partial charge >= 0.3 is 0 Å². The van der Waals surface area contributed by atoms with Gasteiger partial charge in [-0.15, -0.1) is 0 Å². The molecule has 7 heteroatoms. The van der Waals surface area contributed by atoms with E-state index in [1.54, 1.807) is 47.4 Å². The lowest BCUT2D eigenvalue weighted by Crippen LogP contribution is -2.35. The van der Waals surface area contributed by atoms with Crippen LogP contribution in [-0.2, 0) is 4.79 Å². The minimum atomic E-state index is -0.536. The molecule has 0 bridgehead atoms. The van der Waals surface area contributed by atoms with Crippen molar-refractivity contribution in [1.29, 1.82) is 0 Å². The second-order valence-electron chi connectivity index (χ2n) is 7.59. The molecular weight excluding hydrogens is 423 g/mol. The number of anilines is 1. The molecule has 0 atom stereocenters. The molecule has 6 nitrogen and oxygen atoms in total. The van der Waals surface area contributed by atoms with E-state index in [1.165, 1.54) is 18.2 Å². The van der Waals surface area contributed by atoms with E-state index in [1.807, 2.05) is 18.2 Å². The van der Waals surface area contributed by atoms with Gasteiger partial charge in [0.15, 0.2) is 6.61 Å². The predicted octanol–water partition coefficient (Wildman–Crippen LogP) is 4.48. The van der Waals surface area contributed by atoms with Gasteiger partial charge in [0.1, 0.15) is 17.3 Å². The highest BCUT2D eigenvalue weighted by atomic mass is 19.1. The fraction of sp³-hybridized carbons (Fsp3) is 0.154. The zero-order chi connectivity index (χ0) is 23.2. The van der Waals surface area contributed by atoms with Crippen LogP contribution >= 0.6 is 0 Å². The summed E-state index contributed by atoms with van der Waals surface area (Å²) >= 11 is 0. The lowest BCUT2D eigenvalue weighted by atomic mass is 9.99. The minimum Gasteiger partial charge on any atom is -0.508 e. The molecule has 0 saturated heterocycles. The molecule has 1 aliphatic rings. The van der Waals surface area contributed by atoms with E-state index >= 15 is 0 Å². The number of phenols is 1. The van der Waals surface area contributed by atoms with Gasteiger partial charge in [-0.3, -0.25) is 9.59 Å². The molecule has 168 valence electrons. The SMILES string of the molecule is O=C(COc1ccccc1C(=O)N1CC=C(c2ccc(O)cc2)CC1)Nc1ccccc1F. The van der Waals surface area contributed by atoms with Crippen molar-refractivity contribution in [2.45, 2.75) is 6.42 Å². The van der Waals surface area contributed by atoms with Crippen molar-refractivity contribution < 1.29 is 23.8 Å². The number of halogens is 1. The number of rotatable bonds is 6. The molecule has 0 aliphatic carbocycles. The third-order valence-corrected chi connectivity index (χ3v) is 5.36. The van der Waals surface area contributed by atoms with Gasteiger partial charge in [0.2, 0.25) is 0 Å². The summed E-state index contributed by atoms with van der Waals surface area (Å²) in [4.78, 5) is 27.0. The third-order valence-electron chi connectivity index (χ3n) is 5.36. The maximum atomic E-state index is 13.7. The van der Waals surface area contributed by atoms with Crippen LogP contribution in [0.4, 0.5) is 10.1 Å². The number of hydrogen-bond donors (Lipinski definition) is 2. The Balaban J connectivity index is 1.40. The van der Waals surface area contributed by atoms with Gasteiger partial charge < -0.3 is 20.1 Å². The van der Waals surface area contributed by atoms with Gasteiger partial charge in [0, 0.05) is 13.1 Å². The van der Waals surface area contributed by atoms with E-state index in [0.29, 0.717) is 30.8 Å². The van der Waals surface area contributed by atoms with Crippen molar-refractivity contribution in [2.75, 3.05) is 25.0 Å². The van der Waals surface area contributed by atoms with Gasteiger partial charge in [-0.25, -0.2) is 4.39 Å². The Bertz CT molecular complexity index is 1190. The quantitative estimate of drug-likeness (QED) is 0.585. The highest BCUT2D eigenvalue weighted by Gasteiger charge is 2.22. The van der Waals surface area contributed by atoms with Crippen LogP contribution in [0.5, 0.6) is 11.5 Å². The fourth-order valence-corrected chi connectivity index (χ4v) is 3.62. The second kappa shape index (κ2) is 9.99. The van der Waals surface area contributed by atoms with E-state index in [2.05, 4.69) is 5.32 Å². The van der Waals surface area contributed by atoms with Crippen molar-refractivity contribution in [2.24, 2.45) is 0 Å². The Morgan fingerprint density at radius 1 is 1.00 bits per heavy atom. The maximum Gasteiger partial charge on any atom is 0.262 e. The Kier molecular flexibility index (Phi) is 6.69. The molecule has 1 heterocycles. The number of phenolic OH excluding ortho intramolecular Hbond substituents is 1. The number of ether oxygens (including phenoxy) is 1. The standard InChI is InChI=1S/C26H23FN2O4/c27-22-6-2-3-7-23(22)28-25(31)17-33-24-8-4-1-5-21(24)26(32)29-15-13-19(14-16-29)18-9-11-20(30)12-10-18/h1-13,30H,14-17H2,(H,28,31). The molecular formula is C26H23FN2O4. The highest BCUT2D eigenvalue weighted by molar-refractivity contribution is 5.98. The Morgan fingerprint density at radius 2 is 1.73 bits per heavy atom. The van der Waals surface area contributed by atoms with Crippen molar-refractivity contribution in [3.05, 3.63) is 95.8 Å². The normalized spacial score (nSPS) is 13.2. The number of amides is 2. The lowest BCUT2D eigenvalue weighted by molar-refractivity contribution is -0.118. The number of nitrogens with one attached hydrogen (secondary N) is 1. The van der Waals surface area contributed by atoms with Gasteiger partial charge in [-0.1, -0.05) is 42.5 Å². The molecule has 3 aromatic carbocycles. The second-order valence-corrected chi connectivity index (χ2v) is 7.59. The van der Waals surface area contributed by atoms with E-state index in [-0.39, 0.29) is 24.0 Å². The first-order chi connectivity index (χ1) is 16.0. The predicted molar refractivity (Wildman–Crippen MR) is 124 cm³/mol. The average molecular weight is 446 g/mol. The smallest absolute Gasteiger partial charge is 0.262 e. The first kappa shape index (κ1) is 22.1. The van der Waals surface area contributed by atoms with Gasteiger partial charge in [0.05, 0.1) is 11.3 Å². The monoisotopic (exact) mass is 446 g/mol. The molecule has 4 rings (SSSR count). The molecule has 0 aromatic heterocycles. The molecule has 0 fully saturated rings. The number of para-hydroxylation sites is 2. The zero-order valence-electron chi connectivity index (χ0n) is 17.8. The van der Waals surface area contributed by atoms with Crippen LogP contribution < -0.4 is 10.1 Å². The van der Waals surface area contributed by atoms with Crippen LogP contribution in [0, 0.1) is 5.82 Å². The van der Waals surface area contributed by atoms with Crippen LogP contribution in [0.2, 0.25) is 0 Å². The number of hydrogen-bond acceptors (Lipinski definition) is 4. The average Bonchev–Trinajstić information content (AvgIpc) is 2.84. The molecule has 2 amide bonds. The largest absolute Gasteiger partial charge is 0.508 e. The van der Waals surface area contributed by atoms with Crippen molar-refractivity contribution >= 4 is 23.1 Å². The third kappa shape index (κ3) is 5.38. The number of aromatic hydroxyl groups is 1. The van der Waals surface area contributed by atoms with Gasteiger partial charge in [0.25, 0.3) is 11.8 Å². The minimum absolute atomic E-state index is 0.0694. The van der Waals surface area contributed by atoms with Crippen LogP contribution in [0.15, 0.2) is 78.9 Å². The lowest BCUT2D eigenvalue weighted by Gasteiger charge is -2.27. The maximum absolute atomic E-state index is 13.7. The van der Waals surface area contributed by atoms with Crippen LogP contribution in [0.1, 0.15) is 22.3 Å². The van der Waals surface area contributed by atoms with Gasteiger partial charge in [-0.05, 0) is 54.0 Å². The summed E-state index contributed by atoms with van der Waals surface area (Å²) in [6.07, 6.45) is 2.68. The van der Waals surface area contributed by atoms with Crippen molar-refractivity contribution in [1.82, 2.24) is 4.90 Å². The first-order valence-electron chi connectivity index (χ1n) is 10.5.